The van der Waals surface area contributed by atoms with Crippen LogP contribution >= 0.6 is 11.8 Å². The van der Waals surface area contributed by atoms with Crippen LogP contribution in [0, 0.1) is 0 Å². The summed E-state index contributed by atoms with van der Waals surface area (Å²) in [5.74, 6) is 3.20. The number of nitrogens with one attached hydrogen (secondary N) is 2. The molecule has 17 heavy (non-hydrogen) atoms. The van der Waals surface area contributed by atoms with Gasteiger partial charge in [-0.2, -0.15) is 11.8 Å². The zero-order valence-electron chi connectivity index (χ0n) is 9.86. The Kier molecular flexibility index (Phi) is 2.93. The topological polar surface area (TPSA) is 53.6 Å². The Morgan fingerprint density at radius 1 is 1.35 bits per heavy atom. The Labute approximate surface area is 105 Å². The molecule has 0 amide bonds. The molecule has 2 aromatic heterocycles. The van der Waals surface area contributed by atoms with Crippen LogP contribution in [0.1, 0.15) is 30.3 Å². The van der Waals surface area contributed by atoms with Crippen LogP contribution in [0.25, 0.3) is 11.2 Å². The smallest absolute Gasteiger partial charge is 0.179 e. The van der Waals surface area contributed by atoms with Crippen LogP contribution in [-0.4, -0.2) is 27.8 Å². The monoisotopic (exact) mass is 248 g/mol. The number of thioether (sulfide) groups is 1. The molecule has 1 aliphatic rings. The van der Waals surface area contributed by atoms with Crippen LogP contribution in [0.2, 0.25) is 0 Å². The zero-order valence-corrected chi connectivity index (χ0v) is 10.7. The number of fused-ring (bicyclic) bond motifs is 1. The Morgan fingerprint density at radius 3 is 3.06 bits per heavy atom. The van der Waals surface area contributed by atoms with E-state index < -0.39 is 0 Å². The predicted octanol–water partition coefficient (Wildman–Crippen LogP) is 2.96. The number of nitrogens with zero attached hydrogens (tertiary/aromatic N) is 2. The number of aromatic amines is 1. The first-order valence-electron chi connectivity index (χ1n) is 6.03. The maximum atomic E-state index is 4.62. The van der Waals surface area contributed by atoms with E-state index in [1.165, 1.54) is 25.0 Å². The number of anilines is 1. The number of aromatic nitrogens is 3. The second-order valence-corrected chi connectivity index (χ2v) is 5.61. The quantitative estimate of drug-likeness (QED) is 0.858. The van der Waals surface area contributed by atoms with Crippen molar-refractivity contribution in [3.63, 3.8) is 0 Å². The number of hydrogen-bond donors (Lipinski definition) is 2. The van der Waals surface area contributed by atoms with Crippen LogP contribution < -0.4 is 5.32 Å². The third-order valence-electron chi connectivity index (χ3n) is 3.11. The maximum Gasteiger partial charge on any atom is 0.179 e. The lowest BCUT2D eigenvalue weighted by Crippen LogP contribution is -2.03. The molecule has 2 N–H and O–H groups in total. The van der Waals surface area contributed by atoms with Gasteiger partial charge in [-0.15, -0.1) is 0 Å². The number of hydrogen-bond acceptors (Lipinski definition) is 4. The molecular formula is C12H16N4S. The average Bonchev–Trinajstić information content (AvgIpc) is 2.82. The standard InChI is InChI=1S/C12H16N4S/c1-13-10-6-5-8-11(15-10)16-12(14-8)9-4-2-3-7-17-9/h5-6,9H,2-4,7H2,1H3,(H2,13,14,15,16). The molecule has 1 aliphatic heterocycles. The van der Waals surface area contributed by atoms with Crippen LogP contribution in [0.15, 0.2) is 12.1 Å². The van der Waals surface area contributed by atoms with Gasteiger partial charge in [0.1, 0.15) is 11.6 Å². The minimum Gasteiger partial charge on any atom is -0.373 e. The molecule has 0 radical (unpaired) electrons. The van der Waals surface area contributed by atoms with Gasteiger partial charge in [-0.05, 0) is 30.7 Å². The molecule has 5 heteroatoms. The van der Waals surface area contributed by atoms with Crippen LogP contribution in [0.5, 0.6) is 0 Å². The third-order valence-corrected chi connectivity index (χ3v) is 4.49. The minimum atomic E-state index is 0.524. The summed E-state index contributed by atoms with van der Waals surface area (Å²) in [6.45, 7) is 0. The van der Waals surface area contributed by atoms with Crippen molar-refractivity contribution >= 4 is 28.7 Å². The van der Waals surface area contributed by atoms with Gasteiger partial charge in [-0.25, -0.2) is 9.97 Å². The van der Waals surface area contributed by atoms with E-state index in [-0.39, 0.29) is 0 Å². The van der Waals surface area contributed by atoms with Gasteiger partial charge in [0.15, 0.2) is 5.65 Å². The summed E-state index contributed by atoms with van der Waals surface area (Å²) in [5.41, 5.74) is 1.85. The molecule has 0 saturated carbocycles. The predicted molar refractivity (Wildman–Crippen MR) is 72.5 cm³/mol. The minimum absolute atomic E-state index is 0.524. The molecule has 90 valence electrons. The SMILES string of the molecule is CNc1ccc2[nH]c(C3CCCCS3)nc2n1. The van der Waals surface area contributed by atoms with Crippen molar-refractivity contribution < 1.29 is 0 Å². The van der Waals surface area contributed by atoms with E-state index >= 15 is 0 Å². The Balaban J connectivity index is 1.95. The highest BCUT2D eigenvalue weighted by Gasteiger charge is 2.19. The molecule has 4 nitrogen and oxygen atoms in total. The van der Waals surface area contributed by atoms with Crippen molar-refractivity contribution in [3.8, 4) is 0 Å². The van der Waals surface area contributed by atoms with Crippen LogP contribution in [0.4, 0.5) is 5.82 Å². The molecule has 0 bridgehead atoms. The average molecular weight is 248 g/mol. The Hall–Kier alpha value is -1.23. The van der Waals surface area contributed by atoms with Gasteiger partial charge in [0.2, 0.25) is 0 Å². The second kappa shape index (κ2) is 4.56. The first-order valence-corrected chi connectivity index (χ1v) is 7.08. The number of rotatable bonds is 2. The largest absolute Gasteiger partial charge is 0.373 e. The first kappa shape index (κ1) is 10.9. The highest BCUT2D eigenvalue weighted by atomic mass is 32.2. The fourth-order valence-electron chi connectivity index (χ4n) is 2.16. The first-order chi connectivity index (χ1) is 8.36. The molecule has 1 atom stereocenters. The van der Waals surface area contributed by atoms with Crippen LogP contribution in [0.3, 0.4) is 0 Å². The summed E-state index contributed by atoms with van der Waals surface area (Å²) >= 11 is 2.00. The van der Waals surface area contributed by atoms with E-state index in [0.29, 0.717) is 5.25 Å². The normalized spacial score (nSPS) is 20.6. The van der Waals surface area contributed by atoms with Gasteiger partial charge in [0.25, 0.3) is 0 Å². The van der Waals surface area contributed by atoms with Gasteiger partial charge in [0, 0.05) is 7.05 Å². The lowest BCUT2D eigenvalue weighted by atomic mass is 10.2. The fourth-order valence-corrected chi connectivity index (χ4v) is 3.42. The number of H-pyrrole nitrogens is 1. The van der Waals surface area contributed by atoms with Gasteiger partial charge in [-0.1, -0.05) is 6.42 Å². The molecule has 3 rings (SSSR count). The fraction of sp³-hybridized carbons (Fsp3) is 0.500. The number of imidazole rings is 1. The van der Waals surface area contributed by atoms with Gasteiger partial charge in [0.05, 0.1) is 10.8 Å². The summed E-state index contributed by atoms with van der Waals surface area (Å²) in [6.07, 6.45) is 3.87. The lowest BCUT2D eigenvalue weighted by Gasteiger charge is -2.18. The van der Waals surface area contributed by atoms with E-state index in [4.69, 9.17) is 0 Å². The van der Waals surface area contributed by atoms with E-state index in [9.17, 15) is 0 Å². The highest BCUT2D eigenvalue weighted by Crippen LogP contribution is 2.37. The van der Waals surface area contributed by atoms with Crippen molar-refractivity contribution in [2.24, 2.45) is 0 Å². The van der Waals surface area contributed by atoms with E-state index in [2.05, 4.69) is 20.3 Å². The Morgan fingerprint density at radius 2 is 2.29 bits per heavy atom. The van der Waals surface area contributed by atoms with Crippen molar-refractivity contribution in [1.82, 2.24) is 15.0 Å². The van der Waals surface area contributed by atoms with Crippen molar-refractivity contribution in [2.75, 3.05) is 18.1 Å². The maximum absolute atomic E-state index is 4.62. The van der Waals surface area contributed by atoms with Crippen LogP contribution in [-0.2, 0) is 0 Å². The molecule has 2 aromatic rings. The third kappa shape index (κ3) is 2.11. The van der Waals surface area contributed by atoms with Crippen molar-refractivity contribution in [3.05, 3.63) is 18.0 Å². The van der Waals surface area contributed by atoms with E-state index in [0.717, 1.165) is 22.8 Å². The summed E-state index contributed by atoms with van der Waals surface area (Å²) in [5, 5.41) is 3.56. The Bertz CT molecular complexity index is 516. The zero-order chi connectivity index (χ0) is 11.7. The molecule has 0 aromatic carbocycles. The second-order valence-electron chi connectivity index (χ2n) is 4.29. The molecular weight excluding hydrogens is 232 g/mol. The summed E-state index contributed by atoms with van der Waals surface area (Å²) in [6, 6.07) is 4.01. The summed E-state index contributed by atoms with van der Waals surface area (Å²) in [7, 11) is 1.87. The van der Waals surface area contributed by atoms with E-state index in [1.54, 1.807) is 0 Å². The van der Waals surface area contributed by atoms with Gasteiger partial charge < -0.3 is 10.3 Å². The molecule has 1 saturated heterocycles. The lowest BCUT2D eigenvalue weighted by molar-refractivity contribution is 0.668. The van der Waals surface area contributed by atoms with Gasteiger partial charge >= 0.3 is 0 Å². The molecule has 1 unspecified atom stereocenters. The van der Waals surface area contributed by atoms with Gasteiger partial charge in [-0.3, -0.25) is 0 Å². The number of pyridine rings is 1. The molecule has 1 fully saturated rings. The van der Waals surface area contributed by atoms with E-state index in [1.807, 2.05) is 30.9 Å². The summed E-state index contributed by atoms with van der Waals surface area (Å²) in [4.78, 5) is 12.5. The van der Waals surface area contributed by atoms with Crippen molar-refractivity contribution in [2.45, 2.75) is 24.5 Å². The summed E-state index contributed by atoms with van der Waals surface area (Å²) < 4.78 is 0. The molecule has 0 aliphatic carbocycles. The molecule has 0 spiro atoms. The highest BCUT2D eigenvalue weighted by molar-refractivity contribution is 7.99. The van der Waals surface area contributed by atoms with Crippen molar-refractivity contribution in [1.29, 1.82) is 0 Å². The molecule has 3 heterocycles.